The Morgan fingerprint density at radius 2 is 1.88 bits per heavy atom. The van der Waals surface area contributed by atoms with Crippen molar-refractivity contribution in [3.05, 3.63) is 47.3 Å². The van der Waals surface area contributed by atoms with Gasteiger partial charge in [0.25, 0.3) is 5.91 Å². The summed E-state index contributed by atoms with van der Waals surface area (Å²) in [7, 11) is 0. The van der Waals surface area contributed by atoms with E-state index in [-0.39, 0.29) is 37.7 Å². The molecule has 6 N–H and O–H groups in total. The van der Waals surface area contributed by atoms with Gasteiger partial charge in [-0.3, -0.25) is 24.6 Å². The van der Waals surface area contributed by atoms with Crippen molar-refractivity contribution in [3.63, 3.8) is 0 Å². The van der Waals surface area contributed by atoms with Crippen LogP contribution in [0.4, 0.5) is 4.79 Å². The van der Waals surface area contributed by atoms with Gasteiger partial charge >= 0.3 is 6.09 Å². The van der Waals surface area contributed by atoms with Gasteiger partial charge in [0.05, 0.1) is 24.4 Å². The lowest BCUT2D eigenvalue weighted by Gasteiger charge is -2.49. The van der Waals surface area contributed by atoms with Crippen LogP contribution in [0, 0.1) is 13.8 Å². The molecule has 4 aliphatic rings. The Morgan fingerprint density at radius 3 is 2.53 bits per heavy atom. The number of nitrogens with zero attached hydrogens (tertiary/aromatic N) is 3. The van der Waals surface area contributed by atoms with Crippen LogP contribution in [0.3, 0.4) is 0 Å². The van der Waals surface area contributed by atoms with E-state index < -0.39 is 63.8 Å². The molecule has 4 amide bonds. The lowest BCUT2D eigenvalue weighted by Crippen LogP contribution is -2.78. The molecule has 232 valence electrons. The van der Waals surface area contributed by atoms with Gasteiger partial charge in [0.1, 0.15) is 12.6 Å². The molecule has 0 bridgehead atoms. The molecule has 5 rings (SSSR count). The SMILES string of the molecule is C=C1NC2[C@H](CN3C(=O)CCC3=O)N=C(NC(=O)OCC(Cl)(Cl)Cl)N3CC(NC(=O)c4cccc(C)c4C)C(O)(O)C23N1. The number of aryl methyl sites for hydroxylation is 1. The molecule has 17 heteroatoms. The van der Waals surface area contributed by atoms with Crippen molar-refractivity contribution in [2.75, 3.05) is 19.7 Å². The second kappa shape index (κ2) is 11.0. The van der Waals surface area contributed by atoms with Gasteiger partial charge in [0, 0.05) is 24.9 Å². The van der Waals surface area contributed by atoms with Crippen LogP contribution in [0.2, 0.25) is 0 Å². The molecule has 1 spiro atoms. The molecule has 4 atom stereocenters. The first-order chi connectivity index (χ1) is 20.0. The zero-order valence-electron chi connectivity index (χ0n) is 23.1. The molecule has 1 aromatic carbocycles. The number of halogens is 3. The molecule has 43 heavy (non-hydrogen) atoms. The highest BCUT2D eigenvalue weighted by Gasteiger charge is 2.74. The Labute approximate surface area is 261 Å². The number of alkyl carbamates (subject to hydrolysis) is 1. The quantitative estimate of drug-likeness (QED) is 0.144. The van der Waals surface area contributed by atoms with E-state index in [0.29, 0.717) is 11.1 Å². The number of carbonyl (C=O) groups excluding carboxylic acids is 4. The molecule has 1 aromatic rings. The third-order valence-electron chi connectivity index (χ3n) is 8.15. The molecule has 3 fully saturated rings. The number of carbonyl (C=O) groups is 4. The number of aliphatic imine (C=N–C) groups is 1. The number of aliphatic hydroxyl groups is 2. The van der Waals surface area contributed by atoms with Crippen LogP contribution in [-0.2, 0) is 14.3 Å². The van der Waals surface area contributed by atoms with Crippen LogP contribution in [0.25, 0.3) is 0 Å². The molecule has 0 saturated carbocycles. The van der Waals surface area contributed by atoms with E-state index in [1.807, 2.05) is 13.0 Å². The maximum Gasteiger partial charge on any atom is 0.414 e. The number of ether oxygens (including phenoxy) is 1. The summed E-state index contributed by atoms with van der Waals surface area (Å²) in [4.78, 5) is 58.1. The van der Waals surface area contributed by atoms with Gasteiger partial charge in [0.15, 0.2) is 5.66 Å². The van der Waals surface area contributed by atoms with Crippen molar-refractivity contribution in [1.82, 2.24) is 31.1 Å². The lowest BCUT2D eigenvalue weighted by molar-refractivity contribution is -0.231. The van der Waals surface area contributed by atoms with Crippen LogP contribution in [0.5, 0.6) is 0 Å². The van der Waals surface area contributed by atoms with E-state index in [0.717, 1.165) is 10.5 Å². The highest BCUT2D eigenvalue weighted by molar-refractivity contribution is 6.67. The van der Waals surface area contributed by atoms with E-state index in [1.54, 1.807) is 19.1 Å². The van der Waals surface area contributed by atoms with Gasteiger partial charge < -0.3 is 35.8 Å². The predicted molar refractivity (Wildman–Crippen MR) is 155 cm³/mol. The van der Waals surface area contributed by atoms with Gasteiger partial charge in [0.2, 0.25) is 27.4 Å². The van der Waals surface area contributed by atoms with Gasteiger partial charge in [-0.1, -0.05) is 53.5 Å². The van der Waals surface area contributed by atoms with E-state index in [1.165, 1.54) is 4.90 Å². The van der Waals surface area contributed by atoms with Gasteiger partial charge in [-0.25, -0.2) is 9.79 Å². The number of imide groups is 1. The molecule has 0 aliphatic carbocycles. The number of benzene rings is 1. The highest BCUT2D eigenvalue weighted by Crippen LogP contribution is 2.45. The minimum absolute atomic E-state index is 0.0282. The summed E-state index contributed by atoms with van der Waals surface area (Å²) in [5, 5.41) is 34.8. The fourth-order valence-corrected chi connectivity index (χ4v) is 6.12. The van der Waals surface area contributed by atoms with Crippen molar-refractivity contribution >= 4 is 64.6 Å². The van der Waals surface area contributed by atoms with Gasteiger partial charge in [-0.2, -0.15) is 0 Å². The topological polar surface area (TPSA) is 185 Å². The maximum absolute atomic E-state index is 13.4. The zero-order chi connectivity index (χ0) is 31.5. The third-order valence-corrected chi connectivity index (χ3v) is 8.47. The summed E-state index contributed by atoms with van der Waals surface area (Å²) in [5.74, 6) is -4.17. The van der Waals surface area contributed by atoms with E-state index in [4.69, 9.17) is 39.5 Å². The van der Waals surface area contributed by atoms with Crippen molar-refractivity contribution in [1.29, 1.82) is 0 Å². The maximum atomic E-state index is 13.4. The average molecular weight is 659 g/mol. The third kappa shape index (κ3) is 5.46. The minimum Gasteiger partial charge on any atom is -0.445 e. The summed E-state index contributed by atoms with van der Waals surface area (Å²) >= 11 is 17.1. The Hall–Kier alpha value is -3.30. The summed E-state index contributed by atoms with van der Waals surface area (Å²) in [5.41, 5.74) is 0.0127. The van der Waals surface area contributed by atoms with Crippen LogP contribution >= 0.6 is 34.8 Å². The van der Waals surface area contributed by atoms with E-state index >= 15 is 0 Å². The second-order valence-corrected chi connectivity index (χ2v) is 13.4. The van der Waals surface area contributed by atoms with Gasteiger partial charge in [-0.05, 0) is 31.0 Å². The first-order valence-electron chi connectivity index (χ1n) is 13.3. The lowest BCUT2D eigenvalue weighted by atomic mass is 9.85. The standard InChI is InChI=1S/C26H30Cl3N7O7/c1-12-5-4-6-15(13(12)2)21(39)32-17-10-36-22(33-23(40)43-11-24(27,28)29)31-16(9-35-18(37)7-8-19(35)38)20-25(36,26(17,41)42)34-14(3)30-20/h4-6,16-17,20,30,34,41-42H,3,7-11H2,1-2H3,(H,32,39)(H,31,33,40)/t16-,17?,20?,25?/m0/s1. The largest absolute Gasteiger partial charge is 0.445 e. The molecule has 0 radical (unpaired) electrons. The molecule has 3 saturated heterocycles. The Kier molecular flexibility index (Phi) is 7.97. The number of rotatable bonds is 5. The smallest absolute Gasteiger partial charge is 0.414 e. The first-order valence-corrected chi connectivity index (χ1v) is 14.4. The van der Waals surface area contributed by atoms with Gasteiger partial charge in [-0.15, -0.1) is 0 Å². The van der Waals surface area contributed by atoms with E-state index in [2.05, 4.69) is 32.8 Å². The summed E-state index contributed by atoms with van der Waals surface area (Å²) < 4.78 is 3.09. The number of guanidine groups is 1. The zero-order valence-corrected chi connectivity index (χ0v) is 25.4. The number of hydrogen-bond donors (Lipinski definition) is 6. The minimum atomic E-state index is -2.74. The monoisotopic (exact) mass is 657 g/mol. The Bertz CT molecular complexity index is 1420. The molecular weight excluding hydrogens is 629 g/mol. The Balaban J connectivity index is 1.52. The molecule has 14 nitrogen and oxygen atoms in total. The van der Waals surface area contributed by atoms with Crippen LogP contribution in [-0.4, -0.2) is 103 Å². The molecule has 3 unspecified atom stereocenters. The summed E-state index contributed by atoms with van der Waals surface area (Å²) in [6.45, 7) is 6.38. The molecule has 4 aliphatic heterocycles. The van der Waals surface area contributed by atoms with Crippen molar-refractivity contribution in [3.8, 4) is 0 Å². The normalized spacial score (nSPS) is 27.7. The number of alkyl halides is 3. The fraction of sp³-hybridized carbons (Fsp3) is 0.500. The predicted octanol–water partition coefficient (Wildman–Crippen LogP) is 0.111. The highest BCUT2D eigenvalue weighted by atomic mass is 35.6. The van der Waals surface area contributed by atoms with Crippen LogP contribution < -0.4 is 21.3 Å². The van der Waals surface area contributed by atoms with Crippen molar-refractivity contribution in [2.45, 2.75) is 60.1 Å². The number of amides is 4. The second-order valence-electron chi connectivity index (χ2n) is 10.8. The fourth-order valence-electron chi connectivity index (χ4n) is 5.95. The summed E-state index contributed by atoms with van der Waals surface area (Å²) in [6.07, 6.45) is -1.03. The van der Waals surface area contributed by atoms with Crippen LogP contribution in [0.1, 0.15) is 34.3 Å². The van der Waals surface area contributed by atoms with Crippen molar-refractivity contribution in [2.24, 2.45) is 4.99 Å². The first kappa shape index (κ1) is 31.1. The van der Waals surface area contributed by atoms with Crippen LogP contribution in [0.15, 0.2) is 35.6 Å². The Morgan fingerprint density at radius 1 is 1.21 bits per heavy atom. The van der Waals surface area contributed by atoms with Crippen molar-refractivity contribution < 1.29 is 34.1 Å². The van der Waals surface area contributed by atoms with E-state index in [9.17, 15) is 29.4 Å². The molecule has 4 heterocycles. The average Bonchev–Trinajstić information content (AvgIpc) is 3.51. The molecular formula is C26H30Cl3N7O7. The number of nitrogens with one attached hydrogen (secondary N) is 4. The number of likely N-dealkylation sites (tertiary alicyclic amines) is 1. The summed E-state index contributed by atoms with van der Waals surface area (Å²) in [6, 6.07) is 1.79. The number of hydrogen-bond acceptors (Lipinski definition) is 11. The molecule has 0 aromatic heterocycles.